The highest BCUT2D eigenvalue weighted by Crippen LogP contribution is 2.16. The summed E-state index contributed by atoms with van der Waals surface area (Å²) in [7, 11) is 1.85. The normalized spacial score (nSPS) is 15.2. The summed E-state index contributed by atoms with van der Waals surface area (Å²) in [6.45, 7) is 4.86. The number of thiazole rings is 1. The maximum atomic E-state index is 12.6. The second-order valence-corrected chi connectivity index (χ2v) is 7.21. The quantitative estimate of drug-likeness (QED) is 0.325. The number of nitrogens with zero attached hydrogens (tertiary/aromatic N) is 7. The van der Waals surface area contributed by atoms with Gasteiger partial charge in [0.25, 0.3) is 0 Å². The molecule has 0 bridgehead atoms. The number of carbonyl (C=O) groups is 1. The van der Waals surface area contributed by atoms with Crippen LogP contribution in [0.3, 0.4) is 0 Å². The average molecular weight is 514 g/mol. The third-order valence-electron chi connectivity index (χ3n) is 4.39. The van der Waals surface area contributed by atoms with E-state index in [4.69, 9.17) is 4.99 Å². The van der Waals surface area contributed by atoms with E-state index in [0.717, 1.165) is 28.8 Å². The molecule has 0 unspecified atom stereocenters. The third kappa shape index (κ3) is 4.29. The van der Waals surface area contributed by atoms with E-state index in [1.165, 1.54) is 0 Å². The van der Waals surface area contributed by atoms with E-state index < -0.39 is 0 Å². The molecular weight excluding hydrogens is 491 g/mol. The predicted octanol–water partition coefficient (Wildman–Crippen LogP) is 1.56. The lowest BCUT2D eigenvalue weighted by molar-refractivity contribution is -0.120. The monoisotopic (exact) mass is 514 g/mol. The Hall–Kier alpha value is -2.15. The molecule has 0 aliphatic carbocycles. The van der Waals surface area contributed by atoms with Crippen molar-refractivity contribution in [1.82, 2.24) is 29.4 Å². The number of hydrogen-bond acceptors (Lipinski definition) is 5. The minimum Gasteiger partial charge on any atom is -0.356 e. The van der Waals surface area contributed by atoms with E-state index in [-0.39, 0.29) is 29.9 Å². The van der Waals surface area contributed by atoms with Gasteiger partial charge in [-0.25, -0.2) is 9.98 Å². The highest BCUT2D eigenvalue weighted by Gasteiger charge is 2.27. The molecule has 1 saturated heterocycles. The Morgan fingerprint density at radius 2 is 2.21 bits per heavy atom. The van der Waals surface area contributed by atoms with Gasteiger partial charge in [0.1, 0.15) is 6.54 Å². The molecule has 4 heterocycles. The van der Waals surface area contributed by atoms with Crippen LogP contribution >= 0.6 is 35.3 Å². The number of aliphatic imine (C=N–C) groups is 1. The Bertz CT molecular complexity index is 948. The van der Waals surface area contributed by atoms with Gasteiger partial charge in [-0.3, -0.25) is 13.9 Å². The molecule has 3 aromatic rings. The number of guanidine groups is 1. The molecule has 1 aliphatic rings. The van der Waals surface area contributed by atoms with Gasteiger partial charge in [0.2, 0.25) is 5.91 Å². The first-order valence-electron chi connectivity index (χ1n) is 8.87. The molecule has 9 nitrogen and oxygen atoms in total. The number of hydrogen-bond donors (Lipinski definition) is 1. The van der Waals surface area contributed by atoms with Crippen molar-refractivity contribution in [2.45, 2.75) is 13.5 Å². The fourth-order valence-corrected chi connectivity index (χ4v) is 3.83. The molecule has 11 heteroatoms. The van der Waals surface area contributed by atoms with Crippen LogP contribution in [0.2, 0.25) is 0 Å². The number of imidazole rings is 1. The zero-order chi connectivity index (χ0) is 18.8. The van der Waals surface area contributed by atoms with Crippen molar-refractivity contribution >= 4 is 57.8 Å². The molecule has 0 aromatic carbocycles. The molecule has 4 rings (SSSR count). The molecule has 0 spiro atoms. The lowest BCUT2D eigenvalue weighted by atomic mass is 10.3. The van der Waals surface area contributed by atoms with Crippen molar-refractivity contribution in [3.63, 3.8) is 0 Å². The molecule has 3 aromatic heterocycles. The molecule has 1 fully saturated rings. The zero-order valence-electron chi connectivity index (χ0n) is 15.8. The van der Waals surface area contributed by atoms with E-state index in [0.29, 0.717) is 26.2 Å². The standard InChI is InChI=1S/C17H22N8OS.HI/c1-3-18-16(19-8-13-10-24-6-7-27-17(24)21-13)23-4-5-25(15(26)12-23)14-9-20-22(2)11-14;/h6-7,9-11H,3-5,8,12H2,1-2H3,(H,18,19);1H. The Morgan fingerprint density at radius 1 is 1.36 bits per heavy atom. The topological polar surface area (TPSA) is 83.1 Å². The van der Waals surface area contributed by atoms with Gasteiger partial charge < -0.3 is 15.1 Å². The van der Waals surface area contributed by atoms with Crippen molar-refractivity contribution in [3.05, 3.63) is 35.9 Å². The fraction of sp³-hybridized carbons (Fsp3) is 0.412. The zero-order valence-corrected chi connectivity index (χ0v) is 18.9. The first-order valence-corrected chi connectivity index (χ1v) is 9.75. The largest absolute Gasteiger partial charge is 0.356 e. The summed E-state index contributed by atoms with van der Waals surface area (Å²) in [5.74, 6) is 0.787. The molecule has 1 aliphatic heterocycles. The summed E-state index contributed by atoms with van der Waals surface area (Å²) < 4.78 is 3.70. The van der Waals surface area contributed by atoms with Crippen LogP contribution in [0.15, 0.2) is 35.2 Å². The Balaban J connectivity index is 0.00000225. The van der Waals surface area contributed by atoms with Crippen molar-refractivity contribution in [2.24, 2.45) is 12.0 Å². The first-order chi connectivity index (χ1) is 13.1. The number of halogens is 1. The van der Waals surface area contributed by atoms with Gasteiger partial charge >= 0.3 is 0 Å². The minimum atomic E-state index is 0. The maximum Gasteiger partial charge on any atom is 0.246 e. The van der Waals surface area contributed by atoms with E-state index in [1.54, 1.807) is 27.1 Å². The van der Waals surface area contributed by atoms with Crippen molar-refractivity contribution in [3.8, 4) is 0 Å². The van der Waals surface area contributed by atoms with Gasteiger partial charge in [-0.1, -0.05) is 0 Å². The number of amides is 1. The van der Waals surface area contributed by atoms with Crippen molar-refractivity contribution < 1.29 is 4.79 Å². The van der Waals surface area contributed by atoms with Gasteiger partial charge in [0.05, 0.1) is 24.1 Å². The molecule has 0 atom stereocenters. The maximum absolute atomic E-state index is 12.6. The predicted molar refractivity (Wildman–Crippen MR) is 120 cm³/mol. The third-order valence-corrected chi connectivity index (χ3v) is 5.16. The van der Waals surface area contributed by atoms with Crippen LogP contribution in [0.25, 0.3) is 4.96 Å². The molecule has 1 amide bonds. The lowest BCUT2D eigenvalue weighted by Gasteiger charge is -2.35. The van der Waals surface area contributed by atoms with E-state index in [1.807, 2.05) is 47.2 Å². The average Bonchev–Trinajstić information content (AvgIpc) is 3.34. The van der Waals surface area contributed by atoms with Gasteiger partial charge in [-0.15, -0.1) is 35.3 Å². The minimum absolute atomic E-state index is 0. The van der Waals surface area contributed by atoms with Gasteiger partial charge in [0.15, 0.2) is 10.9 Å². The number of piperazine rings is 1. The summed E-state index contributed by atoms with van der Waals surface area (Å²) in [5.41, 5.74) is 1.75. The van der Waals surface area contributed by atoms with Gasteiger partial charge in [-0.05, 0) is 6.92 Å². The lowest BCUT2D eigenvalue weighted by Crippen LogP contribution is -2.55. The second-order valence-electron chi connectivity index (χ2n) is 6.33. The number of carbonyl (C=O) groups excluding carboxylic acids is 1. The summed E-state index contributed by atoms with van der Waals surface area (Å²) in [4.78, 5) is 26.6. The van der Waals surface area contributed by atoms with Crippen LogP contribution in [-0.2, 0) is 18.4 Å². The highest BCUT2D eigenvalue weighted by atomic mass is 127. The number of aromatic nitrogens is 4. The Morgan fingerprint density at radius 3 is 2.89 bits per heavy atom. The number of aryl methyl sites for hydroxylation is 1. The number of rotatable bonds is 4. The second kappa shape index (κ2) is 8.90. The van der Waals surface area contributed by atoms with Crippen LogP contribution in [0.5, 0.6) is 0 Å². The fourth-order valence-electron chi connectivity index (χ4n) is 3.11. The number of nitrogens with one attached hydrogen (secondary N) is 1. The summed E-state index contributed by atoms with van der Waals surface area (Å²) in [6.07, 6.45) is 7.56. The van der Waals surface area contributed by atoms with E-state index in [2.05, 4.69) is 15.4 Å². The van der Waals surface area contributed by atoms with Crippen LogP contribution in [-0.4, -0.2) is 62.1 Å². The van der Waals surface area contributed by atoms with Gasteiger partial charge in [0, 0.05) is 50.7 Å². The number of fused-ring (bicyclic) bond motifs is 1. The van der Waals surface area contributed by atoms with Crippen LogP contribution in [0, 0.1) is 0 Å². The van der Waals surface area contributed by atoms with Gasteiger partial charge in [-0.2, -0.15) is 5.10 Å². The molecular formula is C17H23IN8OS. The Kier molecular flexibility index (Phi) is 6.54. The van der Waals surface area contributed by atoms with Crippen molar-refractivity contribution in [2.75, 3.05) is 31.1 Å². The molecule has 150 valence electrons. The van der Waals surface area contributed by atoms with E-state index >= 15 is 0 Å². The summed E-state index contributed by atoms with van der Waals surface area (Å²) in [6, 6.07) is 0. The Labute approximate surface area is 184 Å². The molecule has 0 saturated carbocycles. The highest BCUT2D eigenvalue weighted by molar-refractivity contribution is 14.0. The molecule has 0 radical (unpaired) electrons. The van der Waals surface area contributed by atoms with Crippen LogP contribution in [0.4, 0.5) is 5.69 Å². The van der Waals surface area contributed by atoms with Crippen LogP contribution in [0.1, 0.15) is 12.6 Å². The SMILES string of the molecule is CCNC(=NCc1cn2ccsc2n1)N1CCN(c2cnn(C)c2)C(=O)C1.I. The molecule has 28 heavy (non-hydrogen) atoms. The summed E-state index contributed by atoms with van der Waals surface area (Å²) >= 11 is 1.60. The summed E-state index contributed by atoms with van der Waals surface area (Å²) in [5, 5.41) is 9.44. The number of anilines is 1. The smallest absolute Gasteiger partial charge is 0.246 e. The van der Waals surface area contributed by atoms with Crippen molar-refractivity contribution in [1.29, 1.82) is 0 Å². The van der Waals surface area contributed by atoms with Crippen LogP contribution < -0.4 is 10.2 Å². The molecule has 1 N–H and O–H groups in total. The first kappa shape index (κ1) is 20.6. The van der Waals surface area contributed by atoms with E-state index in [9.17, 15) is 4.79 Å².